The van der Waals surface area contributed by atoms with Crippen molar-refractivity contribution in [3.63, 3.8) is 0 Å². The highest BCUT2D eigenvalue weighted by Crippen LogP contribution is 2.24. The van der Waals surface area contributed by atoms with Gasteiger partial charge in [0.2, 0.25) is 0 Å². The Morgan fingerprint density at radius 3 is 1.46 bits per heavy atom. The second kappa shape index (κ2) is 8.27. The third-order valence-electron chi connectivity index (χ3n) is 4.29. The van der Waals surface area contributed by atoms with Crippen molar-refractivity contribution >= 4 is 7.32 Å². The van der Waals surface area contributed by atoms with Crippen LogP contribution in [0.2, 0.25) is 0 Å². The molecule has 4 N–H and O–H groups in total. The maximum atomic E-state index is 10.3. The Balaban J connectivity index is 4.92. The maximum absolute atomic E-state index is 10.3. The number of aliphatic hydroxyl groups is 4. The van der Waals surface area contributed by atoms with Gasteiger partial charge in [0.1, 0.15) is 11.2 Å². The largest absolute Gasteiger partial charge is 0.640 e. The second-order valence-corrected chi connectivity index (χ2v) is 7.65. The summed E-state index contributed by atoms with van der Waals surface area (Å²) in [6.07, 6.45) is 1.12. The molecule has 0 aromatic rings. The standard InChI is InChI=1S/C16H33BO7/c1-9-12(2)24-17(22-10-15(7,20)13(3,4)18)23-11-16(8,21)14(5,6)19/h9,12,18-21H,1,10-11H2,2-8H3. The summed E-state index contributed by atoms with van der Waals surface area (Å²) in [5.41, 5.74) is -5.90. The fraction of sp³-hybridized carbons (Fsp3) is 0.875. The Kier molecular flexibility index (Phi) is 8.11. The van der Waals surface area contributed by atoms with Gasteiger partial charge in [0, 0.05) is 0 Å². The molecule has 0 aliphatic rings. The lowest BCUT2D eigenvalue weighted by Crippen LogP contribution is -2.54. The van der Waals surface area contributed by atoms with E-state index >= 15 is 0 Å². The van der Waals surface area contributed by atoms with E-state index in [9.17, 15) is 20.4 Å². The zero-order valence-corrected chi connectivity index (χ0v) is 15.9. The Labute approximate surface area is 145 Å². The number of rotatable bonds is 11. The summed E-state index contributed by atoms with van der Waals surface area (Å²) in [5, 5.41) is 40.4. The van der Waals surface area contributed by atoms with Gasteiger partial charge in [-0.1, -0.05) is 6.08 Å². The van der Waals surface area contributed by atoms with Crippen LogP contribution in [0.4, 0.5) is 0 Å². The molecule has 0 aromatic carbocycles. The Bertz CT molecular complexity index is 366. The molecule has 0 rings (SSSR count). The van der Waals surface area contributed by atoms with Gasteiger partial charge >= 0.3 is 7.32 Å². The van der Waals surface area contributed by atoms with Crippen molar-refractivity contribution in [2.75, 3.05) is 13.2 Å². The van der Waals surface area contributed by atoms with Crippen LogP contribution >= 0.6 is 0 Å². The minimum absolute atomic E-state index is 0.268. The predicted octanol–water partition coefficient (Wildman–Crippen LogP) is 0.639. The molecule has 0 spiro atoms. The van der Waals surface area contributed by atoms with E-state index in [1.807, 2.05) is 0 Å². The molecule has 0 saturated carbocycles. The molecule has 0 fully saturated rings. The first kappa shape index (κ1) is 23.5. The summed E-state index contributed by atoms with van der Waals surface area (Å²) >= 11 is 0. The smallest absolute Gasteiger partial charge is 0.387 e. The predicted molar refractivity (Wildman–Crippen MR) is 92.2 cm³/mol. The third-order valence-corrected chi connectivity index (χ3v) is 4.29. The SMILES string of the molecule is C=CC(C)OB(OCC(C)(O)C(C)(C)O)OCC(C)(O)C(C)(C)O. The Hall–Kier alpha value is -0.475. The van der Waals surface area contributed by atoms with Crippen LogP contribution < -0.4 is 0 Å². The van der Waals surface area contributed by atoms with Crippen LogP contribution in [0.1, 0.15) is 48.5 Å². The van der Waals surface area contributed by atoms with Crippen LogP contribution in [0.5, 0.6) is 0 Å². The summed E-state index contributed by atoms with van der Waals surface area (Å²) in [6, 6.07) is 0. The highest BCUT2D eigenvalue weighted by Gasteiger charge is 2.42. The lowest BCUT2D eigenvalue weighted by molar-refractivity contribution is -0.156. The molecule has 0 aliphatic carbocycles. The van der Waals surface area contributed by atoms with Gasteiger partial charge in [-0.2, -0.15) is 0 Å². The topological polar surface area (TPSA) is 109 Å². The molecule has 0 saturated heterocycles. The molecule has 8 heteroatoms. The van der Waals surface area contributed by atoms with E-state index in [0.29, 0.717) is 0 Å². The molecule has 7 nitrogen and oxygen atoms in total. The van der Waals surface area contributed by atoms with Gasteiger partial charge < -0.3 is 34.4 Å². The Morgan fingerprint density at radius 1 is 0.875 bits per heavy atom. The fourth-order valence-electron chi connectivity index (χ4n) is 1.17. The lowest BCUT2D eigenvalue weighted by Gasteiger charge is -2.37. The molecule has 0 amide bonds. The van der Waals surface area contributed by atoms with E-state index in [1.54, 1.807) is 6.92 Å². The fourth-order valence-corrected chi connectivity index (χ4v) is 1.17. The highest BCUT2D eigenvalue weighted by atomic mass is 16.7. The van der Waals surface area contributed by atoms with E-state index in [1.165, 1.54) is 47.6 Å². The summed E-state index contributed by atoms with van der Waals surface area (Å²) in [5.74, 6) is 0. The van der Waals surface area contributed by atoms with Gasteiger partial charge in [0.05, 0.1) is 30.5 Å². The number of hydrogen-bond acceptors (Lipinski definition) is 7. The Morgan fingerprint density at radius 2 is 1.21 bits per heavy atom. The van der Waals surface area contributed by atoms with Crippen LogP contribution in [0.15, 0.2) is 12.7 Å². The summed E-state index contributed by atoms with van der Waals surface area (Å²) in [4.78, 5) is 0. The molecule has 0 bridgehead atoms. The molecule has 3 unspecified atom stereocenters. The van der Waals surface area contributed by atoms with E-state index in [2.05, 4.69) is 6.58 Å². The van der Waals surface area contributed by atoms with Crippen LogP contribution in [-0.2, 0) is 14.0 Å². The van der Waals surface area contributed by atoms with Crippen molar-refractivity contribution in [1.82, 2.24) is 0 Å². The average Bonchev–Trinajstić information content (AvgIpc) is 2.39. The van der Waals surface area contributed by atoms with Crippen LogP contribution in [0.25, 0.3) is 0 Å². The van der Waals surface area contributed by atoms with Crippen molar-refractivity contribution < 1.29 is 34.4 Å². The monoisotopic (exact) mass is 348 g/mol. The van der Waals surface area contributed by atoms with Gasteiger partial charge in [-0.15, -0.1) is 6.58 Å². The van der Waals surface area contributed by atoms with Gasteiger partial charge in [0.25, 0.3) is 0 Å². The third kappa shape index (κ3) is 7.19. The molecule has 0 aromatic heterocycles. The summed E-state index contributed by atoms with van der Waals surface area (Å²) < 4.78 is 16.3. The minimum atomic E-state index is -1.55. The lowest BCUT2D eigenvalue weighted by atomic mass is 9.88. The van der Waals surface area contributed by atoms with E-state index in [4.69, 9.17) is 14.0 Å². The highest BCUT2D eigenvalue weighted by molar-refractivity contribution is 6.36. The van der Waals surface area contributed by atoms with Crippen LogP contribution in [0.3, 0.4) is 0 Å². The van der Waals surface area contributed by atoms with E-state index < -0.39 is 35.8 Å². The van der Waals surface area contributed by atoms with Crippen LogP contribution in [0, 0.1) is 0 Å². The average molecular weight is 348 g/mol. The van der Waals surface area contributed by atoms with Gasteiger partial charge in [-0.05, 0) is 48.5 Å². The van der Waals surface area contributed by atoms with Crippen molar-refractivity contribution in [2.45, 2.75) is 77.0 Å². The van der Waals surface area contributed by atoms with Crippen molar-refractivity contribution in [2.24, 2.45) is 0 Å². The molecule has 0 aliphatic heterocycles. The quantitative estimate of drug-likeness (QED) is 0.320. The van der Waals surface area contributed by atoms with Gasteiger partial charge in [-0.25, -0.2) is 0 Å². The molecule has 0 heterocycles. The zero-order chi connectivity index (χ0) is 19.4. The maximum Gasteiger partial charge on any atom is 0.640 e. The summed E-state index contributed by atoms with van der Waals surface area (Å²) in [6.45, 7) is 13.5. The molecule has 0 radical (unpaired) electrons. The van der Waals surface area contributed by atoms with E-state index in [0.717, 1.165) is 0 Å². The molecular weight excluding hydrogens is 315 g/mol. The zero-order valence-electron chi connectivity index (χ0n) is 15.9. The van der Waals surface area contributed by atoms with Gasteiger partial charge in [0.15, 0.2) is 0 Å². The van der Waals surface area contributed by atoms with Gasteiger partial charge in [-0.3, -0.25) is 0 Å². The van der Waals surface area contributed by atoms with Crippen molar-refractivity contribution in [1.29, 1.82) is 0 Å². The van der Waals surface area contributed by atoms with E-state index in [-0.39, 0.29) is 13.2 Å². The normalized spacial score (nSPS) is 19.3. The first-order valence-corrected chi connectivity index (χ1v) is 7.94. The first-order valence-electron chi connectivity index (χ1n) is 7.94. The molecule has 24 heavy (non-hydrogen) atoms. The molecular formula is C16H33BO7. The first-order chi connectivity index (χ1) is 10.5. The minimum Gasteiger partial charge on any atom is -0.387 e. The molecule has 142 valence electrons. The van der Waals surface area contributed by atoms with Crippen molar-refractivity contribution in [3.05, 3.63) is 12.7 Å². The summed E-state index contributed by atoms with van der Waals surface area (Å²) in [7, 11) is -1.22. The van der Waals surface area contributed by atoms with Crippen molar-refractivity contribution in [3.8, 4) is 0 Å². The second-order valence-electron chi connectivity index (χ2n) is 7.65. The molecule has 3 atom stereocenters. The number of hydrogen-bond donors (Lipinski definition) is 4. The van der Waals surface area contributed by atoms with Crippen LogP contribution in [-0.4, -0.2) is 69.5 Å².